The van der Waals surface area contributed by atoms with Gasteiger partial charge in [-0.15, -0.1) is 0 Å². The molecule has 2 aliphatic heterocycles. The van der Waals surface area contributed by atoms with E-state index < -0.39 is 0 Å². The average Bonchev–Trinajstić information content (AvgIpc) is 3.29. The molecule has 0 aliphatic carbocycles. The van der Waals surface area contributed by atoms with Crippen LogP contribution in [0.4, 0.5) is 17.5 Å². The highest BCUT2D eigenvalue weighted by atomic mass is 35.5. The van der Waals surface area contributed by atoms with E-state index >= 15 is 0 Å². The van der Waals surface area contributed by atoms with E-state index in [9.17, 15) is 0 Å². The maximum absolute atomic E-state index is 6.09. The number of rotatable bonds is 8. The van der Waals surface area contributed by atoms with Gasteiger partial charge < -0.3 is 24.3 Å². The van der Waals surface area contributed by atoms with E-state index in [0.717, 1.165) is 98.5 Å². The molecule has 9 nitrogen and oxygen atoms in total. The Morgan fingerprint density at radius 3 is 2.36 bits per heavy atom. The van der Waals surface area contributed by atoms with Gasteiger partial charge in [-0.1, -0.05) is 17.7 Å². The van der Waals surface area contributed by atoms with E-state index in [-0.39, 0.29) is 0 Å². The number of morpholine rings is 2. The molecule has 4 heterocycles. The molecular weight excluding hydrogens is 514 g/mol. The van der Waals surface area contributed by atoms with Crippen molar-refractivity contribution in [2.24, 2.45) is 0 Å². The summed E-state index contributed by atoms with van der Waals surface area (Å²) in [5.41, 5.74) is 4.95. The maximum Gasteiger partial charge on any atom is 0.228 e. The van der Waals surface area contributed by atoms with Crippen molar-refractivity contribution >= 4 is 40.1 Å². The van der Waals surface area contributed by atoms with Crippen LogP contribution < -0.4 is 10.2 Å². The van der Waals surface area contributed by atoms with Gasteiger partial charge in [0.25, 0.3) is 0 Å². The standard InChI is InChI=1S/C29H34ClN7O2/c1-21-31-25-8-3-22(19-27(25)37(21)10-2-9-35-11-15-38-16-12-35)26-20-28(32-24-6-4-23(30)5-7-24)34-29(33-26)36-13-17-39-18-14-36/h3-8,19-20H,2,9-18H2,1H3,(H,32,33,34). The fraction of sp³-hybridized carbons (Fsp3) is 0.414. The number of nitrogens with zero attached hydrogens (tertiary/aromatic N) is 6. The van der Waals surface area contributed by atoms with Gasteiger partial charge in [0.1, 0.15) is 11.6 Å². The molecule has 39 heavy (non-hydrogen) atoms. The summed E-state index contributed by atoms with van der Waals surface area (Å²) in [6.07, 6.45) is 1.07. The number of ether oxygens (including phenoxy) is 2. The molecule has 6 rings (SSSR count). The number of anilines is 3. The molecule has 4 aromatic rings. The number of hydrogen-bond donors (Lipinski definition) is 1. The predicted molar refractivity (Wildman–Crippen MR) is 155 cm³/mol. The second-order valence-electron chi connectivity index (χ2n) is 9.99. The molecule has 0 bridgehead atoms. The highest BCUT2D eigenvalue weighted by Crippen LogP contribution is 2.29. The first-order chi connectivity index (χ1) is 19.1. The van der Waals surface area contributed by atoms with E-state index in [1.807, 2.05) is 30.3 Å². The lowest BCUT2D eigenvalue weighted by molar-refractivity contribution is 0.0369. The third-order valence-electron chi connectivity index (χ3n) is 7.32. The molecule has 2 aromatic carbocycles. The highest BCUT2D eigenvalue weighted by Gasteiger charge is 2.18. The van der Waals surface area contributed by atoms with Crippen LogP contribution in [0.1, 0.15) is 12.2 Å². The third-order valence-corrected chi connectivity index (χ3v) is 7.57. The molecule has 10 heteroatoms. The minimum absolute atomic E-state index is 0.669. The van der Waals surface area contributed by atoms with Crippen LogP contribution in [0.5, 0.6) is 0 Å². The molecule has 0 unspecified atom stereocenters. The Balaban J connectivity index is 1.30. The lowest BCUT2D eigenvalue weighted by atomic mass is 10.1. The lowest BCUT2D eigenvalue weighted by Gasteiger charge is -2.27. The van der Waals surface area contributed by atoms with Crippen molar-refractivity contribution in [1.82, 2.24) is 24.4 Å². The van der Waals surface area contributed by atoms with Gasteiger partial charge in [0.05, 0.1) is 43.2 Å². The zero-order valence-corrected chi connectivity index (χ0v) is 23.0. The van der Waals surface area contributed by atoms with Crippen molar-refractivity contribution in [3.8, 4) is 11.3 Å². The molecule has 204 valence electrons. The zero-order chi connectivity index (χ0) is 26.6. The number of fused-ring (bicyclic) bond motifs is 1. The third kappa shape index (κ3) is 6.17. The number of benzene rings is 2. The van der Waals surface area contributed by atoms with Gasteiger partial charge >= 0.3 is 0 Å². The Morgan fingerprint density at radius 2 is 1.59 bits per heavy atom. The zero-order valence-electron chi connectivity index (χ0n) is 22.3. The summed E-state index contributed by atoms with van der Waals surface area (Å²) in [6.45, 7) is 10.6. The van der Waals surface area contributed by atoms with Gasteiger partial charge in [0, 0.05) is 61.6 Å². The summed E-state index contributed by atoms with van der Waals surface area (Å²) in [7, 11) is 0. The summed E-state index contributed by atoms with van der Waals surface area (Å²) in [5.74, 6) is 2.47. The van der Waals surface area contributed by atoms with Gasteiger partial charge in [-0.05, 0) is 49.7 Å². The van der Waals surface area contributed by atoms with Crippen molar-refractivity contribution in [2.45, 2.75) is 19.9 Å². The summed E-state index contributed by atoms with van der Waals surface area (Å²) in [5, 5.41) is 4.13. The molecule has 0 radical (unpaired) electrons. The molecule has 2 aromatic heterocycles. The molecule has 0 amide bonds. The first-order valence-corrected chi connectivity index (χ1v) is 14.0. The van der Waals surface area contributed by atoms with Crippen LogP contribution in [0.3, 0.4) is 0 Å². The first-order valence-electron chi connectivity index (χ1n) is 13.6. The fourth-order valence-corrected chi connectivity index (χ4v) is 5.32. The molecule has 0 saturated carbocycles. The number of hydrogen-bond acceptors (Lipinski definition) is 8. The van der Waals surface area contributed by atoms with Gasteiger partial charge in [0.15, 0.2) is 0 Å². The van der Waals surface area contributed by atoms with E-state index in [0.29, 0.717) is 24.2 Å². The molecule has 0 atom stereocenters. The van der Waals surface area contributed by atoms with Gasteiger partial charge in [0.2, 0.25) is 5.95 Å². The monoisotopic (exact) mass is 547 g/mol. The first kappa shape index (κ1) is 26.0. The number of imidazole rings is 1. The minimum atomic E-state index is 0.669. The largest absolute Gasteiger partial charge is 0.379 e. The smallest absolute Gasteiger partial charge is 0.228 e. The number of nitrogens with one attached hydrogen (secondary N) is 1. The molecule has 2 aliphatic rings. The van der Waals surface area contributed by atoms with E-state index in [1.54, 1.807) is 0 Å². The van der Waals surface area contributed by atoms with Gasteiger partial charge in [-0.25, -0.2) is 9.97 Å². The Labute approximate surface area is 233 Å². The second kappa shape index (κ2) is 11.9. The van der Waals surface area contributed by atoms with Gasteiger partial charge in [-0.3, -0.25) is 4.90 Å². The predicted octanol–water partition coefficient (Wildman–Crippen LogP) is 4.76. The Kier molecular flexibility index (Phi) is 7.92. The number of halogens is 1. The number of aromatic nitrogens is 4. The van der Waals surface area contributed by atoms with Crippen molar-refractivity contribution in [3.05, 3.63) is 59.4 Å². The second-order valence-corrected chi connectivity index (χ2v) is 10.4. The molecule has 2 fully saturated rings. The van der Waals surface area contributed by atoms with Gasteiger partial charge in [-0.2, -0.15) is 4.98 Å². The summed E-state index contributed by atoms with van der Waals surface area (Å²) in [4.78, 5) is 19.3. The van der Waals surface area contributed by atoms with Crippen molar-refractivity contribution in [1.29, 1.82) is 0 Å². The van der Waals surface area contributed by atoms with E-state index in [4.69, 9.17) is 36.0 Å². The van der Waals surface area contributed by atoms with Crippen molar-refractivity contribution < 1.29 is 9.47 Å². The topological polar surface area (TPSA) is 80.6 Å². The molecule has 1 N–H and O–H groups in total. The molecule has 0 spiro atoms. The Bertz CT molecular complexity index is 1410. The van der Waals surface area contributed by atoms with Crippen LogP contribution in [0.15, 0.2) is 48.5 Å². The van der Waals surface area contributed by atoms with Crippen molar-refractivity contribution in [2.75, 3.05) is 69.4 Å². The highest BCUT2D eigenvalue weighted by molar-refractivity contribution is 6.30. The SMILES string of the molecule is Cc1nc2ccc(-c3cc(Nc4ccc(Cl)cc4)nc(N4CCOCC4)n3)cc2n1CCCN1CCOCC1. The Morgan fingerprint density at radius 1 is 0.846 bits per heavy atom. The van der Waals surface area contributed by atoms with Crippen LogP contribution in [-0.4, -0.2) is 83.6 Å². The van der Waals surface area contributed by atoms with Crippen LogP contribution in [-0.2, 0) is 16.0 Å². The fourth-order valence-electron chi connectivity index (χ4n) is 5.19. The quantitative estimate of drug-likeness (QED) is 0.338. The van der Waals surface area contributed by atoms with Crippen LogP contribution in [0.2, 0.25) is 5.02 Å². The van der Waals surface area contributed by atoms with Crippen molar-refractivity contribution in [3.63, 3.8) is 0 Å². The summed E-state index contributed by atoms with van der Waals surface area (Å²) < 4.78 is 13.4. The molecular formula is C29H34ClN7O2. The summed E-state index contributed by atoms with van der Waals surface area (Å²) in [6, 6.07) is 16.0. The van der Waals surface area contributed by atoms with E-state index in [1.165, 1.54) is 0 Å². The average molecular weight is 548 g/mol. The lowest BCUT2D eigenvalue weighted by Crippen LogP contribution is -2.37. The van der Waals surface area contributed by atoms with E-state index in [2.05, 4.69) is 44.8 Å². The number of aryl methyl sites for hydroxylation is 2. The minimum Gasteiger partial charge on any atom is -0.379 e. The normalized spacial score (nSPS) is 16.6. The summed E-state index contributed by atoms with van der Waals surface area (Å²) >= 11 is 6.09. The van der Waals surface area contributed by atoms with Crippen LogP contribution in [0.25, 0.3) is 22.3 Å². The maximum atomic E-state index is 6.09. The molecule has 2 saturated heterocycles. The Hall–Kier alpha value is -3.24. The van der Waals surface area contributed by atoms with Crippen LogP contribution in [0, 0.1) is 6.92 Å². The van der Waals surface area contributed by atoms with Crippen LogP contribution >= 0.6 is 11.6 Å².